The van der Waals surface area contributed by atoms with Crippen molar-refractivity contribution in [2.24, 2.45) is 0 Å². The molecule has 0 radical (unpaired) electrons. The van der Waals surface area contributed by atoms with Crippen LogP contribution in [0.4, 0.5) is 15.9 Å². The van der Waals surface area contributed by atoms with Crippen LogP contribution < -0.4 is 16.0 Å². The van der Waals surface area contributed by atoms with E-state index < -0.39 is 5.95 Å². The van der Waals surface area contributed by atoms with Crippen molar-refractivity contribution in [3.05, 3.63) is 65.1 Å². The lowest BCUT2D eigenvalue weighted by Gasteiger charge is -2.32. The summed E-state index contributed by atoms with van der Waals surface area (Å²) in [4.78, 5) is 21.0. The van der Waals surface area contributed by atoms with Crippen molar-refractivity contribution >= 4 is 17.4 Å². The third-order valence-corrected chi connectivity index (χ3v) is 8.04. The molecule has 204 valence electrons. The molecule has 8 nitrogen and oxygen atoms in total. The Labute approximate surface area is 227 Å². The Bertz CT molecular complexity index is 1390. The average molecular weight is 532 g/mol. The molecule has 0 aliphatic carbocycles. The van der Waals surface area contributed by atoms with Crippen LogP contribution >= 0.6 is 0 Å². The number of nitrogens with one attached hydrogen (secondary N) is 1. The molecule has 3 aliphatic rings. The van der Waals surface area contributed by atoms with Crippen LogP contribution in [0.5, 0.6) is 0 Å². The van der Waals surface area contributed by atoms with E-state index in [1.807, 2.05) is 18.2 Å². The van der Waals surface area contributed by atoms with Gasteiger partial charge in [-0.15, -0.1) is 0 Å². The second kappa shape index (κ2) is 10.9. The highest BCUT2D eigenvalue weighted by molar-refractivity contribution is 5.97. The van der Waals surface area contributed by atoms with Crippen molar-refractivity contribution in [3.63, 3.8) is 0 Å². The molecule has 1 unspecified atom stereocenters. The number of anilines is 2. The van der Waals surface area contributed by atoms with E-state index in [1.165, 1.54) is 0 Å². The highest BCUT2D eigenvalue weighted by Crippen LogP contribution is 2.36. The van der Waals surface area contributed by atoms with Crippen LogP contribution in [0, 0.1) is 5.95 Å². The largest absolute Gasteiger partial charge is 0.383 e. The Balaban J connectivity index is 1.38. The number of benzene rings is 2. The molecule has 2 fully saturated rings. The van der Waals surface area contributed by atoms with Gasteiger partial charge in [-0.1, -0.05) is 18.2 Å². The van der Waals surface area contributed by atoms with E-state index in [4.69, 9.17) is 15.2 Å². The zero-order valence-corrected chi connectivity index (χ0v) is 22.2. The Morgan fingerprint density at radius 3 is 2.67 bits per heavy atom. The van der Waals surface area contributed by atoms with Gasteiger partial charge in [-0.05, 0) is 59.4 Å². The van der Waals surface area contributed by atoms with Crippen LogP contribution in [-0.2, 0) is 22.4 Å². The fourth-order valence-corrected chi connectivity index (χ4v) is 5.90. The number of morpholine rings is 1. The molecule has 4 heterocycles. The lowest BCUT2D eigenvalue weighted by molar-refractivity contribution is 0.0946. The van der Waals surface area contributed by atoms with Gasteiger partial charge in [0.05, 0.1) is 19.3 Å². The van der Waals surface area contributed by atoms with E-state index >= 15 is 4.39 Å². The van der Waals surface area contributed by atoms with Crippen LogP contribution in [0.2, 0.25) is 0 Å². The number of aromatic nitrogens is 1. The Kier molecular flexibility index (Phi) is 7.20. The van der Waals surface area contributed by atoms with Gasteiger partial charge >= 0.3 is 0 Å². The minimum atomic E-state index is -0.598. The summed E-state index contributed by atoms with van der Waals surface area (Å²) in [5, 5.41) is 2.87. The van der Waals surface area contributed by atoms with E-state index in [1.54, 1.807) is 19.2 Å². The molecule has 9 heteroatoms. The average Bonchev–Trinajstić information content (AvgIpc) is 3.41. The number of fused-ring (bicyclic) bond motifs is 1. The molecule has 0 spiro atoms. The van der Waals surface area contributed by atoms with Gasteiger partial charge < -0.3 is 25.4 Å². The van der Waals surface area contributed by atoms with Gasteiger partial charge in [-0.3, -0.25) is 9.69 Å². The van der Waals surface area contributed by atoms with Crippen molar-refractivity contribution in [2.75, 3.05) is 63.7 Å². The summed E-state index contributed by atoms with van der Waals surface area (Å²) in [6.07, 6.45) is 1.98. The summed E-state index contributed by atoms with van der Waals surface area (Å²) in [7, 11) is 1.76. The fourth-order valence-electron chi connectivity index (χ4n) is 5.90. The van der Waals surface area contributed by atoms with E-state index in [9.17, 15) is 4.79 Å². The van der Waals surface area contributed by atoms with Gasteiger partial charge in [0.1, 0.15) is 5.82 Å². The first-order valence-corrected chi connectivity index (χ1v) is 13.6. The number of ether oxygens (including phenoxy) is 2. The van der Waals surface area contributed by atoms with E-state index in [0.29, 0.717) is 36.4 Å². The summed E-state index contributed by atoms with van der Waals surface area (Å²) in [6, 6.07) is 13.6. The smallest absolute Gasteiger partial charge is 0.251 e. The van der Waals surface area contributed by atoms with Gasteiger partial charge in [-0.2, -0.15) is 4.39 Å². The van der Waals surface area contributed by atoms with E-state index in [2.05, 4.69) is 32.2 Å². The highest BCUT2D eigenvalue weighted by Gasteiger charge is 2.25. The predicted octanol–water partition coefficient (Wildman–Crippen LogP) is 3.48. The fraction of sp³-hybridized carbons (Fsp3) is 0.400. The molecule has 1 aromatic heterocycles. The third-order valence-electron chi connectivity index (χ3n) is 8.04. The Hall–Kier alpha value is -3.53. The number of halogens is 1. The normalized spacial score (nSPS) is 19.7. The molecule has 2 aromatic carbocycles. The number of carbonyl (C=O) groups excluding carboxylic acids is 1. The van der Waals surface area contributed by atoms with Crippen molar-refractivity contribution < 1.29 is 18.7 Å². The summed E-state index contributed by atoms with van der Waals surface area (Å²) in [5.41, 5.74) is 12.8. The highest BCUT2D eigenvalue weighted by atomic mass is 19.1. The molecule has 2 saturated heterocycles. The maximum absolute atomic E-state index is 15.3. The standard InChI is InChI=1S/C30H34FN5O3/c1-38-23-7-9-35(18-23)17-22-15-19(3-5-27(22)36-10-12-39-13-11-36)25-16-26(29(32)34-28(25)31)20-2-4-24-21(14-20)6-8-33-30(24)37/h2-5,14-16,23H,6-13,17-18H2,1H3,(H2,32,34)(H,33,37). The van der Waals surface area contributed by atoms with Gasteiger partial charge in [0.15, 0.2) is 0 Å². The maximum atomic E-state index is 15.3. The lowest BCUT2D eigenvalue weighted by Crippen LogP contribution is -2.37. The summed E-state index contributed by atoms with van der Waals surface area (Å²) in [5.74, 6) is -0.542. The van der Waals surface area contributed by atoms with Crippen LogP contribution in [0.15, 0.2) is 42.5 Å². The summed E-state index contributed by atoms with van der Waals surface area (Å²) in [6.45, 7) is 6.22. The second-order valence-corrected chi connectivity index (χ2v) is 10.5. The number of nitrogens with two attached hydrogens (primary N) is 1. The number of hydrogen-bond acceptors (Lipinski definition) is 7. The van der Waals surface area contributed by atoms with Gasteiger partial charge in [0.25, 0.3) is 5.91 Å². The number of methoxy groups -OCH3 is 1. The first kappa shape index (κ1) is 25.7. The molecule has 39 heavy (non-hydrogen) atoms. The number of rotatable bonds is 6. The van der Waals surface area contributed by atoms with Crippen molar-refractivity contribution in [3.8, 4) is 22.3 Å². The minimum absolute atomic E-state index is 0.0728. The quantitative estimate of drug-likeness (QED) is 0.471. The molecular formula is C30H34FN5O3. The van der Waals surface area contributed by atoms with Crippen molar-refractivity contribution in [1.29, 1.82) is 0 Å². The van der Waals surface area contributed by atoms with E-state index in [0.717, 1.165) is 73.5 Å². The number of pyridine rings is 1. The molecule has 0 bridgehead atoms. The second-order valence-electron chi connectivity index (χ2n) is 10.5. The monoisotopic (exact) mass is 531 g/mol. The predicted molar refractivity (Wildman–Crippen MR) is 149 cm³/mol. The number of nitrogens with zero attached hydrogens (tertiary/aromatic N) is 3. The Morgan fingerprint density at radius 2 is 1.87 bits per heavy atom. The molecule has 1 amide bonds. The number of likely N-dealkylation sites (tertiary alicyclic amines) is 1. The minimum Gasteiger partial charge on any atom is -0.383 e. The van der Waals surface area contributed by atoms with Gasteiger partial charge in [-0.25, -0.2) is 4.98 Å². The molecule has 1 atom stereocenters. The van der Waals surface area contributed by atoms with Crippen LogP contribution in [0.3, 0.4) is 0 Å². The molecule has 6 rings (SSSR count). The van der Waals surface area contributed by atoms with Crippen LogP contribution in [0.25, 0.3) is 22.3 Å². The van der Waals surface area contributed by atoms with Crippen molar-refractivity contribution in [2.45, 2.75) is 25.5 Å². The molecule has 3 N–H and O–H groups in total. The van der Waals surface area contributed by atoms with Gasteiger partial charge in [0.2, 0.25) is 5.95 Å². The van der Waals surface area contributed by atoms with Gasteiger partial charge in [0, 0.05) is 68.8 Å². The zero-order valence-electron chi connectivity index (χ0n) is 22.2. The number of carbonyl (C=O) groups is 1. The summed E-state index contributed by atoms with van der Waals surface area (Å²) < 4.78 is 26.5. The zero-order chi connectivity index (χ0) is 26.9. The Morgan fingerprint density at radius 1 is 1.08 bits per heavy atom. The molecule has 3 aliphatic heterocycles. The van der Waals surface area contributed by atoms with Crippen LogP contribution in [-0.4, -0.2) is 74.9 Å². The van der Waals surface area contributed by atoms with E-state index in [-0.39, 0.29) is 17.8 Å². The third kappa shape index (κ3) is 5.22. The van der Waals surface area contributed by atoms with Crippen molar-refractivity contribution in [1.82, 2.24) is 15.2 Å². The maximum Gasteiger partial charge on any atom is 0.251 e. The number of nitrogen functional groups attached to an aromatic ring is 1. The molecule has 0 saturated carbocycles. The van der Waals surface area contributed by atoms with Crippen LogP contribution in [0.1, 0.15) is 27.9 Å². The SMILES string of the molecule is COC1CCN(Cc2cc(-c3cc(-c4ccc5c(c4)CCNC5=O)c(N)nc3F)ccc2N2CCOCC2)C1. The molecule has 3 aromatic rings. The lowest BCUT2D eigenvalue weighted by atomic mass is 9.93. The molecular weight excluding hydrogens is 497 g/mol. The first-order chi connectivity index (χ1) is 19.0. The summed E-state index contributed by atoms with van der Waals surface area (Å²) >= 11 is 0. The topological polar surface area (TPSA) is 93.0 Å². The number of amides is 1. The first-order valence-electron chi connectivity index (χ1n) is 13.6. The number of hydrogen-bond donors (Lipinski definition) is 2.